The standard InChI is InChI=1S/C23H19N3O3/c1-28-16-6-2-5-15(13-16)20-14-21(26-29-20)23(10-11-23)22(27)25-19-9-3-8-18-17(19)7-4-12-24-18/h2-9,12-14H,10-11H2,1H3,(H,25,27). The smallest absolute Gasteiger partial charge is 0.236 e. The first-order valence-electron chi connectivity index (χ1n) is 9.46. The molecule has 2 heterocycles. The molecular weight excluding hydrogens is 366 g/mol. The second kappa shape index (κ2) is 6.74. The Balaban J connectivity index is 1.43. The molecule has 1 aliphatic rings. The van der Waals surface area contributed by atoms with Crippen LogP contribution in [0.1, 0.15) is 18.5 Å². The van der Waals surface area contributed by atoms with Gasteiger partial charge in [0, 0.05) is 23.2 Å². The summed E-state index contributed by atoms with van der Waals surface area (Å²) in [6, 6.07) is 19.0. The molecule has 0 saturated heterocycles. The zero-order valence-electron chi connectivity index (χ0n) is 15.9. The topological polar surface area (TPSA) is 77.2 Å². The summed E-state index contributed by atoms with van der Waals surface area (Å²) in [5.41, 5.74) is 2.47. The number of pyridine rings is 1. The molecule has 1 fully saturated rings. The van der Waals surface area contributed by atoms with Crippen LogP contribution in [-0.2, 0) is 10.2 Å². The first kappa shape index (κ1) is 17.4. The summed E-state index contributed by atoms with van der Waals surface area (Å²) >= 11 is 0. The van der Waals surface area contributed by atoms with Gasteiger partial charge in [0.15, 0.2) is 5.76 Å². The van der Waals surface area contributed by atoms with Crippen LogP contribution in [-0.4, -0.2) is 23.2 Å². The third kappa shape index (κ3) is 3.02. The molecule has 29 heavy (non-hydrogen) atoms. The number of hydrogen-bond donors (Lipinski definition) is 1. The van der Waals surface area contributed by atoms with Crippen LogP contribution in [0, 0.1) is 0 Å². The number of rotatable bonds is 5. The Bertz CT molecular complexity index is 1210. The summed E-state index contributed by atoms with van der Waals surface area (Å²) in [6.07, 6.45) is 3.23. The summed E-state index contributed by atoms with van der Waals surface area (Å²) in [4.78, 5) is 17.5. The van der Waals surface area contributed by atoms with Crippen LogP contribution in [0.15, 0.2) is 71.4 Å². The highest BCUT2D eigenvalue weighted by molar-refractivity contribution is 6.06. The maximum absolute atomic E-state index is 13.2. The van der Waals surface area contributed by atoms with E-state index in [4.69, 9.17) is 9.26 Å². The molecule has 5 rings (SSSR count). The number of ether oxygens (including phenoxy) is 1. The van der Waals surface area contributed by atoms with Gasteiger partial charge < -0.3 is 14.6 Å². The molecule has 1 amide bonds. The van der Waals surface area contributed by atoms with Crippen molar-refractivity contribution in [2.45, 2.75) is 18.3 Å². The third-order valence-corrected chi connectivity index (χ3v) is 5.43. The largest absolute Gasteiger partial charge is 0.497 e. The lowest BCUT2D eigenvalue weighted by Gasteiger charge is -2.14. The van der Waals surface area contributed by atoms with Crippen LogP contribution in [0.4, 0.5) is 5.69 Å². The van der Waals surface area contributed by atoms with Crippen molar-refractivity contribution in [1.29, 1.82) is 0 Å². The predicted molar refractivity (Wildman–Crippen MR) is 110 cm³/mol. The fraction of sp³-hybridized carbons (Fsp3) is 0.174. The van der Waals surface area contributed by atoms with Gasteiger partial charge in [-0.15, -0.1) is 0 Å². The maximum Gasteiger partial charge on any atom is 0.236 e. The molecule has 1 aliphatic carbocycles. The molecular formula is C23H19N3O3. The Labute approximate surface area is 167 Å². The van der Waals surface area contributed by atoms with Crippen LogP contribution in [0.5, 0.6) is 5.75 Å². The van der Waals surface area contributed by atoms with Gasteiger partial charge >= 0.3 is 0 Å². The van der Waals surface area contributed by atoms with E-state index in [-0.39, 0.29) is 5.91 Å². The van der Waals surface area contributed by atoms with Gasteiger partial charge in [-0.1, -0.05) is 23.4 Å². The van der Waals surface area contributed by atoms with Crippen molar-refractivity contribution in [3.8, 4) is 17.1 Å². The van der Waals surface area contributed by atoms with Crippen LogP contribution in [0.3, 0.4) is 0 Å². The lowest BCUT2D eigenvalue weighted by molar-refractivity contribution is -0.118. The van der Waals surface area contributed by atoms with Crippen molar-refractivity contribution < 1.29 is 14.1 Å². The molecule has 0 spiro atoms. The van der Waals surface area contributed by atoms with E-state index in [0.29, 0.717) is 11.5 Å². The molecule has 0 bridgehead atoms. The highest BCUT2D eigenvalue weighted by atomic mass is 16.5. The normalized spacial score (nSPS) is 14.5. The van der Waals surface area contributed by atoms with E-state index < -0.39 is 5.41 Å². The number of aromatic nitrogens is 2. The molecule has 0 aliphatic heterocycles. The molecule has 0 unspecified atom stereocenters. The quantitative estimate of drug-likeness (QED) is 0.545. The van der Waals surface area contributed by atoms with E-state index in [1.807, 2.05) is 60.7 Å². The van der Waals surface area contributed by atoms with E-state index in [1.165, 1.54) is 0 Å². The van der Waals surface area contributed by atoms with Gasteiger partial charge in [0.1, 0.15) is 5.75 Å². The second-order valence-electron chi connectivity index (χ2n) is 7.22. The van der Waals surface area contributed by atoms with Gasteiger partial charge in [-0.2, -0.15) is 0 Å². The van der Waals surface area contributed by atoms with E-state index in [2.05, 4.69) is 15.5 Å². The Morgan fingerprint density at radius 1 is 1.10 bits per heavy atom. The van der Waals surface area contributed by atoms with E-state index >= 15 is 0 Å². The minimum absolute atomic E-state index is 0.0701. The Kier molecular flexibility index (Phi) is 4.05. The first-order valence-corrected chi connectivity index (χ1v) is 9.46. The van der Waals surface area contributed by atoms with Crippen molar-refractivity contribution in [2.75, 3.05) is 12.4 Å². The monoisotopic (exact) mass is 385 g/mol. The molecule has 2 aromatic carbocycles. The SMILES string of the molecule is COc1cccc(-c2cc(C3(C(=O)Nc4cccc5ncccc45)CC3)no2)c1. The number of amides is 1. The fourth-order valence-corrected chi connectivity index (χ4v) is 3.59. The molecule has 0 atom stereocenters. The highest BCUT2D eigenvalue weighted by Crippen LogP contribution is 2.49. The van der Waals surface area contributed by atoms with Crippen LogP contribution >= 0.6 is 0 Å². The Morgan fingerprint density at radius 3 is 2.79 bits per heavy atom. The van der Waals surface area contributed by atoms with Gasteiger partial charge in [-0.3, -0.25) is 9.78 Å². The Hall–Kier alpha value is -3.67. The zero-order valence-corrected chi connectivity index (χ0v) is 15.9. The van der Waals surface area contributed by atoms with Gasteiger partial charge in [0.25, 0.3) is 0 Å². The molecule has 1 saturated carbocycles. The van der Waals surface area contributed by atoms with Crippen molar-refractivity contribution in [3.05, 3.63) is 72.6 Å². The number of carbonyl (C=O) groups is 1. The predicted octanol–water partition coefficient (Wildman–Crippen LogP) is 4.57. The van der Waals surface area contributed by atoms with Crippen molar-refractivity contribution in [1.82, 2.24) is 10.1 Å². The molecule has 6 nitrogen and oxygen atoms in total. The minimum Gasteiger partial charge on any atom is -0.497 e. The number of nitrogens with zero attached hydrogens (tertiary/aromatic N) is 2. The van der Waals surface area contributed by atoms with Crippen molar-refractivity contribution >= 4 is 22.5 Å². The molecule has 4 aromatic rings. The molecule has 1 N–H and O–H groups in total. The third-order valence-electron chi connectivity index (χ3n) is 5.43. The van der Waals surface area contributed by atoms with Crippen molar-refractivity contribution in [2.24, 2.45) is 0 Å². The zero-order chi connectivity index (χ0) is 19.8. The number of hydrogen-bond acceptors (Lipinski definition) is 5. The van der Waals surface area contributed by atoms with Gasteiger partial charge in [-0.05, 0) is 49.2 Å². The molecule has 144 valence electrons. The lowest BCUT2D eigenvalue weighted by atomic mass is 10.00. The van der Waals surface area contributed by atoms with Gasteiger partial charge in [-0.25, -0.2) is 0 Å². The fourth-order valence-electron chi connectivity index (χ4n) is 3.59. The molecule has 6 heteroatoms. The minimum atomic E-state index is -0.648. The van der Waals surface area contributed by atoms with Crippen molar-refractivity contribution in [3.63, 3.8) is 0 Å². The van der Waals surface area contributed by atoms with Gasteiger partial charge in [0.05, 0.1) is 29.4 Å². The average Bonchev–Trinajstić information content (AvgIpc) is 3.43. The summed E-state index contributed by atoms with van der Waals surface area (Å²) in [6.45, 7) is 0. The number of anilines is 1. The van der Waals surface area contributed by atoms with Crippen LogP contribution < -0.4 is 10.1 Å². The maximum atomic E-state index is 13.2. The first-order chi connectivity index (χ1) is 14.2. The number of methoxy groups -OCH3 is 1. The number of fused-ring (bicyclic) bond motifs is 1. The number of carbonyl (C=O) groups excluding carboxylic acids is 1. The highest BCUT2D eigenvalue weighted by Gasteiger charge is 2.54. The van der Waals surface area contributed by atoms with E-state index in [1.54, 1.807) is 13.3 Å². The van der Waals surface area contributed by atoms with E-state index in [0.717, 1.165) is 40.7 Å². The Morgan fingerprint density at radius 2 is 1.97 bits per heavy atom. The van der Waals surface area contributed by atoms with Crippen LogP contribution in [0.2, 0.25) is 0 Å². The molecule has 0 radical (unpaired) electrons. The van der Waals surface area contributed by atoms with E-state index in [9.17, 15) is 4.79 Å². The second-order valence-corrected chi connectivity index (χ2v) is 7.22. The number of nitrogens with one attached hydrogen (secondary N) is 1. The summed E-state index contributed by atoms with van der Waals surface area (Å²) < 4.78 is 10.8. The lowest BCUT2D eigenvalue weighted by Crippen LogP contribution is -2.28. The average molecular weight is 385 g/mol. The summed E-state index contributed by atoms with van der Waals surface area (Å²) in [5, 5.41) is 8.20. The van der Waals surface area contributed by atoms with Gasteiger partial charge in [0.2, 0.25) is 5.91 Å². The molecule has 2 aromatic heterocycles. The van der Waals surface area contributed by atoms with Crippen LogP contribution in [0.25, 0.3) is 22.2 Å². The summed E-state index contributed by atoms with van der Waals surface area (Å²) in [5.74, 6) is 1.29. The summed E-state index contributed by atoms with van der Waals surface area (Å²) in [7, 11) is 1.62. The number of benzene rings is 2.